The molecule has 0 saturated heterocycles. The first-order valence-corrected chi connectivity index (χ1v) is 7.23. The molecule has 3 rings (SSSR count). The molecule has 0 aliphatic rings. The fourth-order valence-electron chi connectivity index (χ4n) is 2.17. The summed E-state index contributed by atoms with van der Waals surface area (Å²) in [5.41, 5.74) is 1.05. The number of alkyl halides is 3. The van der Waals surface area contributed by atoms with E-state index in [9.17, 15) is 18.0 Å². The number of hydrogen-bond donors (Lipinski definition) is 2. The van der Waals surface area contributed by atoms with Gasteiger partial charge in [0, 0.05) is 11.1 Å². The smallest absolute Gasteiger partial charge is 0.416 e. The molecule has 0 unspecified atom stereocenters. The molecule has 25 heavy (non-hydrogen) atoms. The van der Waals surface area contributed by atoms with Crippen LogP contribution < -0.4 is 10.1 Å². The highest BCUT2D eigenvalue weighted by Gasteiger charge is 2.30. The number of anilines is 1. The zero-order valence-electron chi connectivity index (χ0n) is 13.0. The summed E-state index contributed by atoms with van der Waals surface area (Å²) >= 11 is 0. The number of hydrogen-bond acceptors (Lipinski definition) is 4. The maximum atomic E-state index is 12.5. The highest BCUT2D eigenvalue weighted by Crippen LogP contribution is 2.30. The average Bonchev–Trinajstić information content (AvgIpc) is 2.93. The van der Waals surface area contributed by atoms with Gasteiger partial charge in [0.2, 0.25) is 0 Å². The third-order valence-electron chi connectivity index (χ3n) is 3.44. The van der Waals surface area contributed by atoms with Gasteiger partial charge in [-0.05, 0) is 37.3 Å². The van der Waals surface area contributed by atoms with Gasteiger partial charge in [0.15, 0.2) is 12.3 Å². The number of aryl methyl sites for hydroxylation is 1. The van der Waals surface area contributed by atoms with Gasteiger partial charge >= 0.3 is 6.18 Å². The molecule has 2 heterocycles. The van der Waals surface area contributed by atoms with Gasteiger partial charge in [-0.25, -0.2) is 4.98 Å². The van der Waals surface area contributed by atoms with Crippen LogP contribution in [-0.2, 0) is 11.0 Å². The van der Waals surface area contributed by atoms with E-state index in [0.29, 0.717) is 11.3 Å². The van der Waals surface area contributed by atoms with E-state index in [1.165, 1.54) is 18.3 Å². The molecule has 9 heteroatoms. The minimum atomic E-state index is -4.41. The van der Waals surface area contributed by atoms with Crippen molar-refractivity contribution in [1.82, 2.24) is 15.2 Å². The lowest BCUT2D eigenvalue weighted by atomic mass is 10.2. The van der Waals surface area contributed by atoms with E-state index in [-0.39, 0.29) is 12.4 Å². The number of aromatic nitrogens is 3. The number of pyridine rings is 1. The minimum absolute atomic E-state index is 0.169. The van der Waals surface area contributed by atoms with Crippen LogP contribution in [0.1, 0.15) is 11.3 Å². The summed E-state index contributed by atoms with van der Waals surface area (Å²) in [6.07, 6.45) is -2.95. The van der Waals surface area contributed by atoms with Crippen molar-refractivity contribution < 1.29 is 22.7 Å². The van der Waals surface area contributed by atoms with E-state index >= 15 is 0 Å². The van der Waals surface area contributed by atoms with E-state index in [1.54, 1.807) is 6.07 Å². The number of amides is 1. The van der Waals surface area contributed by atoms with E-state index in [2.05, 4.69) is 20.5 Å². The van der Waals surface area contributed by atoms with Crippen LogP contribution in [0.15, 0.2) is 36.5 Å². The monoisotopic (exact) mass is 350 g/mol. The molecule has 0 bridgehead atoms. The number of carbonyl (C=O) groups excluding carboxylic acids is 1. The second-order valence-electron chi connectivity index (χ2n) is 5.30. The van der Waals surface area contributed by atoms with Gasteiger partial charge in [0.25, 0.3) is 5.91 Å². The number of ether oxygens (including phenoxy) is 1. The molecule has 0 aliphatic carbocycles. The molecular formula is C16H13F3N4O2. The lowest BCUT2D eigenvalue weighted by molar-refractivity contribution is -0.137. The number of H-pyrrole nitrogens is 1. The number of nitrogens with zero attached hydrogens (tertiary/aromatic N) is 2. The Kier molecular flexibility index (Phi) is 4.30. The topological polar surface area (TPSA) is 79.9 Å². The summed E-state index contributed by atoms with van der Waals surface area (Å²) in [5, 5.41) is 10.2. The molecule has 0 aliphatic heterocycles. The molecular weight excluding hydrogens is 337 g/mol. The Morgan fingerprint density at radius 2 is 2.00 bits per heavy atom. The second-order valence-corrected chi connectivity index (χ2v) is 5.30. The van der Waals surface area contributed by atoms with Gasteiger partial charge in [-0.2, -0.15) is 18.3 Å². The third-order valence-corrected chi connectivity index (χ3v) is 3.44. The van der Waals surface area contributed by atoms with Crippen molar-refractivity contribution in [3.05, 3.63) is 47.8 Å². The number of carbonyl (C=O) groups is 1. The average molecular weight is 350 g/mol. The Morgan fingerprint density at radius 1 is 1.28 bits per heavy atom. The van der Waals surface area contributed by atoms with Gasteiger partial charge in [-0.15, -0.1) is 0 Å². The summed E-state index contributed by atoms with van der Waals surface area (Å²) in [4.78, 5) is 16.0. The first-order valence-electron chi connectivity index (χ1n) is 7.23. The number of nitrogens with one attached hydrogen (secondary N) is 2. The first-order chi connectivity index (χ1) is 11.8. The number of benzene rings is 1. The Balaban J connectivity index is 1.59. The Hall–Kier alpha value is -3.10. The van der Waals surface area contributed by atoms with Crippen molar-refractivity contribution in [1.29, 1.82) is 0 Å². The molecule has 0 fully saturated rings. The van der Waals surface area contributed by atoms with Crippen LogP contribution in [-0.4, -0.2) is 27.7 Å². The Labute approximate surface area is 140 Å². The van der Waals surface area contributed by atoms with Crippen LogP contribution in [0.25, 0.3) is 11.0 Å². The van der Waals surface area contributed by atoms with Crippen LogP contribution in [0.2, 0.25) is 0 Å². The Bertz CT molecular complexity index is 904. The van der Waals surface area contributed by atoms with E-state index in [1.807, 2.05) is 6.92 Å². The summed E-state index contributed by atoms with van der Waals surface area (Å²) in [6, 6.07) is 5.84. The fourth-order valence-corrected chi connectivity index (χ4v) is 2.17. The SMILES string of the molecule is Cc1[nH]nc2ncc(NC(=O)COc3ccc(C(F)(F)F)cc3)cc12. The van der Waals surface area contributed by atoms with Gasteiger partial charge in [0.05, 0.1) is 17.4 Å². The molecule has 0 saturated carbocycles. The van der Waals surface area contributed by atoms with E-state index in [4.69, 9.17) is 4.74 Å². The molecule has 2 N–H and O–H groups in total. The van der Waals surface area contributed by atoms with Crippen LogP contribution in [0, 0.1) is 6.92 Å². The van der Waals surface area contributed by atoms with Crippen molar-refractivity contribution in [3.8, 4) is 5.75 Å². The molecule has 0 spiro atoms. The van der Waals surface area contributed by atoms with Crippen molar-refractivity contribution in [3.63, 3.8) is 0 Å². The third kappa shape index (κ3) is 3.87. The summed E-state index contributed by atoms with van der Waals surface area (Å²) in [6.45, 7) is 1.49. The molecule has 0 atom stereocenters. The molecule has 2 aromatic heterocycles. The zero-order chi connectivity index (χ0) is 18.0. The number of halogens is 3. The maximum Gasteiger partial charge on any atom is 0.416 e. The van der Waals surface area contributed by atoms with Crippen molar-refractivity contribution in [2.75, 3.05) is 11.9 Å². The summed E-state index contributed by atoms with van der Waals surface area (Å²) < 4.78 is 42.6. The van der Waals surface area contributed by atoms with Gasteiger partial charge in [0.1, 0.15) is 5.75 Å². The van der Waals surface area contributed by atoms with Crippen LogP contribution in [0.5, 0.6) is 5.75 Å². The van der Waals surface area contributed by atoms with Gasteiger partial charge < -0.3 is 10.1 Å². The van der Waals surface area contributed by atoms with Gasteiger partial charge in [-0.1, -0.05) is 0 Å². The summed E-state index contributed by atoms with van der Waals surface area (Å²) in [7, 11) is 0. The predicted octanol–water partition coefficient (Wildman–Crippen LogP) is 3.30. The van der Waals surface area contributed by atoms with Crippen LogP contribution in [0.3, 0.4) is 0 Å². The molecule has 3 aromatic rings. The van der Waals surface area contributed by atoms with E-state index in [0.717, 1.165) is 23.2 Å². The molecule has 0 radical (unpaired) electrons. The normalized spacial score (nSPS) is 11.5. The minimum Gasteiger partial charge on any atom is -0.484 e. The molecule has 1 amide bonds. The highest BCUT2D eigenvalue weighted by molar-refractivity contribution is 5.93. The fraction of sp³-hybridized carbons (Fsp3) is 0.188. The zero-order valence-corrected chi connectivity index (χ0v) is 13.0. The number of aromatic amines is 1. The quantitative estimate of drug-likeness (QED) is 0.757. The van der Waals surface area contributed by atoms with Crippen molar-refractivity contribution in [2.45, 2.75) is 13.1 Å². The van der Waals surface area contributed by atoms with Crippen molar-refractivity contribution in [2.24, 2.45) is 0 Å². The van der Waals surface area contributed by atoms with E-state index < -0.39 is 17.6 Å². The molecule has 6 nitrogen and oxygen atoms in total. The van der Waals surface area contributed by atoms with Crippen molar-refractivity contribution >= 4 is 22.6 Å². The summed E-state index contributed by atoms with van der Waals surface area (Å²) in [5.74, 6) is -0.287. The standard InChI is InChI=1S/C16H13F3N4O2/c1-9-13-6-11(7-20-15(13)23-22-9)21-14(24)8-25-12-4-2-10(3-5-12)16(17,18)19/h2-7H,8H2,1H3,(H,21,24)(H,20,22,23). The van der Waals surface area contributed by atoms with Crippen LogP contribution in [0.4, 0.5) is 18.9 Å². The predicted molar refractivity (Wildman–Crippen MR) is 84.2 cm³/mol. The molecule has 130 valence electrons. The largest absolute Gasteiger partial charge is 0.484 e. The second kappa shape index (κ2) is 6.42. The lowest BCUT2D eigenvalue weighted by Gasteiger charge is -2.09. The maximum absolute atomic E-state index is 12.5. The van der Waals surface area contributed by atoms with Gasteiger partial charge in [-0.3, -0.25) is 9.89 Å². The Morgan fingerprint density at radius 3 is 2.68 bits per heavy atom. The number of rotatable bonds is 4. The molecule has 1 aromatic carbocycles. The highest BCUT2D eigenvalue weighted by atomic mass is 19.4. The van der Waals surface area contributed by atoms with Crippen LogP contribution >= 0.6 is 0 Å². The first kappa shape index (κ1) is 16.7. The number of fused-ring (bicyclic) bond motifs is 1. The lowest BCUT2D eigenvalue weighted by Crippen LogP contribution is -2.20.